The normalized spacial score (nSPS) is 34.1. The number of rotatable bonds is 1. The van der Waals surface area contributed by atoms with Crippen LogP contribution in [0.15, 0.2) is 5.18 Å². The molecule has 0 aliphatic carbocycles. The van der Waals surface area contributed by atoms with Crippen molar-refractivity contribution in [2.75, 3.05) is 6.61 Å². The van der Waals surface area contributed by atoms with Crippen LogP contribution >= 0.6 is 0 Å². The molecule has 0 unspecified atom stereocenters. The summed E-state index contributed by atoms with van der Waals surface area (Å²) >= 11 is 0. The van der Waals surface area contributed by atoms with Crippen molar-refractivity contribution < 1.29 is 14.6 Å². The highest BCUT2D eigenvalue weighted by Crippen LogP contribution is 2.09. The number of esters is 1. The number of aliphatic hydroxyl groups is 1. The van der Waals surface area contributed by atoms with Gasteiger partial charge in [-0.25, -0.2) is 4.79 Å². The Labute approximate surface area is 50.6 Å². The summed E-state index contributed by atoms with van der Waals surface area (Å²) in [5.74, 6) is -0.738. The fourth-order valence-electron chi connectivity index (χ4n) is 0.614. The van der Waals surface area contributed by atoms with Gasteiger partial charge in [0.2, 0.25) is 6.04 Å². The predicted molar refractivity (Wildman–Crippen MR) is 26.5 cm³/mol. The van der Waals surface area contributed by atoms with Crippen molar-refractivity contribution in [3.63, 3.8) is 0 Å². The molecule has 0 saturated carbocycles. The summed E-state index contributed by atoms with van der Waals surface area (Å²) in [5, 5.41) is 11.1. The number of cyclic esters (lactones) is 1. The van der Waals surface area contributed by atoms with Gasteiger partial charge in [0.15, 0.2) is 0 Å². The summed E-state index contributed by atoms with van der Waals surface area (Å²) in [6, 6.07) is -1.20. The average Bonchev–Trinajstić information content (AvgIpc) is 2.12. The van der Waals surface area contributed by atoms with E-state index in [0.717, 1.165) is 0 Å². The molecule has 0 bridgehead atoms. The minimum Gasteiger partial charge on any atom is -0.461 e. The Balaban J connectivity index is 2.65. The Morgan fingerprint density at radius 2 is 2.44 bits per heavy atom. The molecule has 0 aromatic heterocycles. The number of nitroso groups, excluding NO2 is 1. The molecule has 5 nitrogen and oxygen atoms in total. The Kier molecular flexibility index (Phi) is 1.44. The molecule has 1 saturated heterocycles. The molecule has 9 heavy (non-hydrogen) atoms. The van der Waals surface area contributed by atoms with Crippen LogP contribution in [0.25, 0.3) is 0 Å². The van der Waals surface area contributed by atoms with Gasteiger partial charge in [-0.15, -0.1) is 4.91 Å². The van der Waals surface area contributed by atoms with Gasteiger partial charge < -0.3 is 9.84 Å². The van der Waals surface area contributed by atoms with E-state index in [-0.39, 0.29) is 6.61 Å². The van der Waals surface area contributed by atoms with Gasteiger partial charge in [0.05, 0.1) is 0 Å². The number of hydrogen-bond acceptors (Lipinski definition) is 5. The predicted octanol–water partition coefficient (Wildman–Crippen LogP) is -0.961. The minimum atomic E-state index is -1.20. The first-order valence-electron chi connectivity index (χ1n) is 2.43. The van der Waals surface area contributed by atoms with Crippen LogP contribution in [0.5, 0.6) is 0 Å². The van der Waals surface area contributed by atoms with E-state index >= 15 is 0 Å². The second kappa shape index (κ2) is 2.10. The molecule has 1 rings (SSSR count). The number of carbonyl (C=O) groups is 1. The average molecular weight is 131 g/mol. The highest BCUT2D eigenvalue weighted by molar-refractivity contribution is 5.78. The zero-order valence-corrected chi connectivity index (χ0v) is 4.48. The molecule has 1 heterocycles. The van der Waals surface area contributed by atoms with E-state index in [2.05, 4.69) is 9.91 Å². The fraction of sp³-hybridized carbons (Fsp3) is 0.750. The number of hydrogen-bond donors (Lipinski definition) is 1. The summed E-state index contributed by atoms with van der Waals surface area (Å²) in [6.07, 6.45) is -1.05. The number of nitrogens with zero attached hydrogens (tertiary/aromatic N) is 1. The van der Waals surface area contributed by atoms with Crippen LogP contribution in [-0.2, 0) is 9.53 Å². The molecule has 5 heteroatoms. The van der Waals surface area contributed by atoms with Crippen molar-refractivity contribution in [1.29, 1.82) is 0 Å². The zero-order chi connectivity index (χ0) is 6.85. The quantitative estimate of drug-likeness (QED) is 0.367. The van der Waals surface area contributed by atoms with Crippen LogP contribution < -0.4 is 0 Å². The lowest BCUT2D eigenvalue weighted by molar-refractivity contribution is -0.138. The zero-order valence-electron chi connectivity index (χ0n) is 4.48. The molecule has 0 radical (unpaired) electrons. The maximum absolute atomic E-state index is 10.3. The lowest BCUT2D eigenvalue weighted by atomic mass is 10.2. The van der Waals surface area contributed by atoms with Crippen molar-refractivity contribution in [3.8, 4) is 0 Å². The Bertz CT molecular complexity index is 146. The maximum atomic E-state index is 10.3. The summed E-state index contributed by atoms with van der Waals surface area (Å²) in [7, 11) is 0. The lowest BCUT2D eigenvalue weighted by Gasteiger charge is -1.95. The molecular weight excluding hydrogens is 126 g/mol. The van der Waals surface area contributed by atoms with E-state index in [4.69, 9.17) is 5.11 Å². The highest BCUT2D eigenvalue weighted by atomic mass is 16.6. The SMILES string of the molecule is O=N[C@H]1C(=O)OC[C@H]1O. The summed E-state index contributed by atoms with van der Waals surface area (Å²) in [4.78, 5) is 20.1. The van der Waals surface area contributed by atoms with Gasteiger partial charge in [0, 0.05) is 0 Å². The molecule has 0 spiro atoms. The van der Waals surface area contributed by atoms with Crippen molar-refractivity contribution in [1.82, 2.24) is 0 Å². The molecule has 0 amide bonds. The topological polar surface area (TPSA) is 76.0 Å². The third kappa shape index (κ3) is 0.904. The van der Waals surface area contributed by atoms with Gasteiger partial charge in [0.1, 0.15) is 12.7 Å². The molecule has 2 atom stereocenters. The Morgan fingerprint density at radius 1 is 1.78 bits per heavy atom. The molecule has 0 aromatic carbocycles. The largest absolute Gasteiger partial charge is 0.461 e. The number of ether oxygens (including phenoxy) is 1. The highest BCUT2D eigenvalue weighted by Gasteiger charge is 2.36. The first-order chi connectivity index (χ1) is 4.25. The van der Waals surface area contributed by atoms with E-state index in [1.54, 1.807) is 0 Å². The molecule has 1 aliphatic heterocycles. The van der Waals surface area contributed by atoms with Crippen LogP contribution in [0, 0.1) is 4.91 Å². The van der Waals surface area contributed by atoms with Gasteiger partial charge in [-0.05, 0) is 0 Å². The van der Waals surface area contributed by atoms with Gasteiger partial charge in [-0.2, -0.15) is 0 Å². The minimum absolute atomic E-state index is 0.116. The van der Waals surface area contributed by atoms with Crippen LogP contribution in [0.3, 0.4) is 0 Å². The fourth-order valence-corrected chi connectivity index (χ4v) is 0.614. The first kappa shape index (κ1) is 6.15. The molecule has 50 valence electrons. The smallest absolute Gasteiger partial charge is 0.337 e. The van der Waals surface area contributed by atoms with Crippen molar-refractivity contribution in [2.45, 2.75) is 12.1 Å². The van der Waals surface area contributed by atoms with Crippen LogP contribution in [0.1, 0.15) is 0 Å². The van der Waals surface area contributed by atoms with E-state index in [0.29, 0.717) is 0 Å². The third-order valence-corrected chi connectivity index (χ3v) is 1.12. The monoisotopic (exact) mass is 131 g/mol. The molecule has 1 aliphatic rings. The van der Waals surface area contributed by atoms with E-state index < -0.39 is 18.1 Å². The molecule has 1 N–H and O–H groups in total. The standard InChI is InChI=1S/C4H5NO4/c6-2-1-9-4(7)3(2)5-8/h2-3,6H,1H2/t2-,3-/m1/s1. The van der Waals surface area contributed by atoms with E-state index in [9.17, 15) is 9.70 Å². The number of aliphatic hydroxyl groups excluding tert-OH is 1. The third-order valence-electron chi connectivity index (χ3n) is 1.12. The van der Waals surface area contributed by atoms with Gasteiger partial charge >= 0.3 is 5.97 Å². The maximum Gasteiger partial charge on any atom is 0.337 e. The van der Waals surface area contributed by atoms with Crippen molar-refractivity contribution >= 4 is 5.97 Å². The van der Waals surface area contributed by atoms with Crippen molar-refractivity contribution in [2.24, 2.45) is 5.18 Å². The van der Waals surface area contributed by atoms with E-state index in [1.165, 1.54) is 0 Å². The molecule has 1 fully saturated rings. The van der Waals surface area contributed by atoms with Gasteiger partial charge in [-0.1, -0.05) is 5.18 Å². The van der Waals surface area contributed by atoms with Crippen LogP contribution in [0.4, 0.5) is 0 Å². The summed E-state index contributed by atoms with van der Waals surface area (Å²) < 4.78 is 4.29. The van der Waals surface area contributed by atoms with Crippen LogP contribution in [-0.4, -0.2) is 29.8 Å². The first-order valence-corrected chi connectivity index (χ1v) is 2.43. The summed E-state index contributed by atoms with van der Waals surface area (Å²) in [5.41, 5.74) is 0. The lowest BCUT2D eigenvalue weighted by Crippen LogP contribution is -2.23. The molecular formula is C4H5NO4. The summed E-state index contributed by atoms with van der Waals surface area (Å²) in [6.45, 7) is -0.116. The van der Waals surface area contributed by atoms with Crippen LogP contribution in [0.2, 0.25) is 0 Å². The number of carbonyl (C=O) groups excluding carboxylic acids is 1. The second-order valence-electron chi connectivity index (χ2n) is 1.75. The van der Waals surface area contributed by atoms with Crippen molar-refractivity contribution in [3.05, 3.63) is 4.91 Å². The second-order valence-corrected chi connectivity index (χ2v) is 1.75. The van der Waals surface area contributed by atoms with Gasteiger partial charge in [-0.3, -0.25) is 0 Å². The van der Waals surface area contributed by atoms with Gasteiger partial charge in [0.25, 0.3) is 0 Å². The Morgan fingerprint density at radius 3 is 2.67 bits per heavy atom. The Hall–Kier alpha value is -0.970. The molecule has 0 aromatic rings. The van der Waals surface area contributed by atoms with E-state index in [1.807, 2.05) is 0 Å².